The predicted octanol–water partition coefficient (Wildman–Crippen LogP) is 2.44. The number of benzene rings is 1. The van der Waals surface area contributed by atoms with Crippen LogP contribution in [0.3, 0.4) is 0 Å². The van der Waals surface area contributed by atoms with Crippen LogP contribution in [0.25, 0.3) is 0 Å². The van der Waals surface area contributed by atoms with Gasteiger partial charge in [-0.25, -0.2) is 4.39 Å². The molecule has 0 saturated heterocycles. The van der Waals surface area contributed by atoms with Gasteiger partial charge in [0.1, 0.15) is 5.82 Å². The summed E-state index contributed by atoms with van der Waals surface area (Å²) in [5.74, 6) is -0.173. The van der Waals surface area contributed by atoms with Crippen LogP contribution in [0, 0.1) is 5.82 Å². The lowest BCUT2D eigenvalue weighted by atomic mass is 10.0. The number of nitrogens with zero attached hydrogens (tertiary/aromatic N) is 1. The molecule has 0 saturated carbocycles. The molecule has 0 radical (unpaired) electrons. The molecule has 0 aliphatic heterocycles. The first kappa shape index (κ1) is 16.1. The fourth-order valence-corrected chi connectivity index (χ4v) is 2.06. The fourth-order valence-electron chi connectivity index (χ4n) is 2.06. The van der Waals surface area contributed by atoms with Crippen LogP contribution < -0.4 is 5.32 Å². The highest BCUT2D eigenvalue weighted by molar-refractivity contribution is 5.20. The van der Waals surface area contributed by atoms with Crippen LogP contribution in [0.15, 0.2) is 24.3 Å². The molecule has 0 bridgehead atoms. The first-order valence-corrected chi connectivity index (χ1v) is 6.83. The van der Waals surface area contributed by atoms with Gasteiger partial charge in [0.05, 0.1) is 6.61 Å². The molecule has 0 aliphatic rings. The Labute approximate surface area is 115 Å². The number of halogens is 1. The van der Waals surface area contributed by atoms with E-state index in [0.29, 0.717) is 0 Å². The Hall–Kier alpha value is -0.970. The van der Waals surface area contributed by atoms with E-state index in [1.54, 1.807) is 19.2 Å². The second-order valence-electron chi connectivity index (χ2n) is 4.75. The number of methoxy groups -OCH3 is 1. The summed E-state index contributed by atoms with van der Waals surface area (Å²) in [7, 11) is 3.79. The number of ether oxygens (including phenoxy) is 1. The molecule has 0 spiro atoms. The molecule has 0 aliphatic carbocycles. The molecule has 19 heavy (non-hydrogen) atoms. The van der Waals surface area contributed by atoms with Crippen LogP contribution in [-0.4, -0.2) is 45.3 Å². The summed E-state index contributed by atoms with van der Waals surface area (Å²) in [4.78, 5) is 2.23. The normalized spacial score (nSPS) is 12.9. The Morgan fingerprint density at radius 1 is 1.37 bits per heavy atom. The topological polar surface area (TPSA) is 24.5 Å². The standard InChI is InChI=1S/C15H25FN2O/c1-4-17-15(8-9-18(2)10-11-19-3)13-6-5-7-14(16)12-13/h5-7,12,15,17H,4,8-11H2,1-3H3. The largest absolute Gasteiger partial charge is 0.383 e. The SMILES string of the molecule is CCNC(CCN(C)CCOC)c1cccc(F)c1. The lowest BCUT2D eigenvalue weighted by Crippen LogP contribution is -2.29. The molecule has 0 aromatic heterocycles. The zero-order valence-electron chi connectivity index (χ0n) is 12.2. The summed E-state index contributed by atoms with van der Waals surface area (Å²) in [6.07, 6.45) is 0.956. The summed E-state index contributed by atoms with van der Waals surface area (Å²) >= 11 is 0. The van der Waals surface area contributed by atoms with Crippen molar-refractivity contribution in [1.82, 2.24) is 10.2 Å². The molecule has 3 nitrogen and oxygen atoms in total. The van der Waals surface area contributed by atoms with Crippen molar-refractivity contribution in [3.05, 3.63) is 35.6 Å². The maximum Gasteiger partial charge on any atom is 0.123 e. The van der Waals surface area contributed by atoms with E-state index in [1.807, 2.05) is 6.07 Å². The smallest absolute Gasteiger partial charge is 0.123 e. The summed E-state index contributed by atoms with van der Waals surface area (Å²) in [5, 5.41) is 3.41. The second-order valence-corrected chi connectivity index (χ2v) is 4.75. The molecule has 0 amide bonds. The highest BCUT2D eigenvalue weighted by Crippen LogP contribution is 2.18. The molecule has 0 fully saturated rings. The quantitative estimate of drug-likeness (QED) is 0.744. The lowest BCUT2D eigenvalue weighted by molar-refractivity contribution is 0.159. The van der Waals surface area contributed by atoms with Gasteiger partial charge >= 0.3 is 0 Å². The maximum absolute atomic E-state index is 13.3. The Balaban J connectivity index is 2.53. The van der Waals surface area contributed by atoms with Crippen molar-refractivity contribution in [1.29, 1.82) is 0 Å². The zero-order valence-corrected chi connectivity index (χ0v) is 12.2. The maximum atomic E-state index is 13.3. The van der Waals surface area contributed by atoms with Crippen LogP contribution in [-0.2, 0) is 4.74 Å². The van der Waals surface area contributed by atoms with Gasteiger partial charge in [0, 0.05) is 19.7 Å². The number of likely N-dealkylation sites (N-methyl/N-ethyl adjacent to an activating group) is 1. The molecule has 1 aromatic carbocycles. The molecule has 1 atom stereocenters. The molecule has 0 heterocycles. The van der Waals surface area contributed by atoms with Crippen molar-refractivity contribution in [3.8, 4) is 0 Å². The summed E-state index contributed by atoms with van der Waals surface area (Å²) in [5.41, 5.74) is 1.02. The first-order valence-electron chi connectivity index (χ1n) is 6.83. The van der Waals surface area contributed by atoms with E-state index in [2.05, 4.69) is 24.2 Å². The van der Waals surface area contributed by atoms with Crippen molar-refractivity contribution < 1.29 is 9.13 Å². The molecule has 4 heteroatoms. The van der Waals surface area contributed by atoms with E-state index in [4.69, 9.17) is 4.74 Å². The Bertz CT molecular complexity index is 360. The van der Waals surface area contributed by atoms with Crippen LogP contribution in [0.5, 0.6) is 0 Å². The third kappa shape index (κ3) is 6.14. The van der Waals surface area contributed by atoms with Crippen LogP contribution in [0.1, 0.15) is 24.9 Å². The average Bonchev–Trinajstić information content (AvgIpc) is 2.41. The Kier molecular flexibility index (Phi) is 7.63. The highest BCUT2D eigenvalue weighted by atomic mass is 19.1. The van der Waals surface area contributed by atoms with Gasteiger partial charge in [-0.2, -0.15) is 0 Å². The summed E-state index contributed by atoms with van der Waals surface area (Å²) in [6.45, 7) is 5.56. The molecule has 1 rings (SSSR count). The van der Waals surface area contributed by atoms with Gasteiger partial charge in [-0.3, -0.25) is 0 Å². The van der Waals surface area contributed by atoms with Crippen LogP contribution in [0.2, 0.25) is 0 Å². The monoisotopic (exact) mass is 268 g/mol. The number of nitrogens with one attached hydrogen (secondary N) is 1. The van der Waals surface area contributed by atoms with Crippen LogP contribution in [0.4, 0.5) is 4.39 Å². The predicted molar refractivity (Wildman–Crippen MR) is 76.8 cm³/mol. The third-order valence-electron chi connectivity index (χ3n) is 3.18. The molecular weight excluding hydrogens is 243 g/mol. The number of hydrogen-bond donors (Lipinski definition) is 1. The van der Waals surface area contributed by atoms with Gasteiger partial charge in [0.25, 0.3) is 0 Å². The van der Waals surface area contributed by atoms with E-state index in [9.17, 15) is 4.39 Å². The minimum absolute atomic E-state index is 0.173. The van der Waals surface area contributed by atoms with E-state index >= 15 is 0 Å². The van der Waals surface area contributed by atoms with Crippen molar-refractivity contribution >= 4 is 0 Å². The van der Waals surface area contributed by atoms with Crippen LogP contribution >= 0.6 is 0 Å². The van der Waals surface area contributed by atoms with Gasteiger partial charge in [0.15, 0.2) is 0 Å². The van der Waals surface area contributed by atoms with Gasteiger partial charge < -0.3 is 15.0 Å². The average molecular weight is 268 g/mol. The van der Waals surface area contributed by atoms with E-state index in [1.165, 1.54) is 6.07 Å². The van der Waals surface area contributed by atoms with Gasteiger partial charge in [-0.1, -0.05) is 19.1 Å². The summed E-state index contributed by atoms with van der Waals surface area (Å²) < 4.78 is 18.3. The Morgan fingerprint density at radius 2 is 2.16 bits per heavy atom. The Morgan fingerprint density at radius 3 is 2.79 bits per heavy atom. The van der Waals surface area contributed by atoms with E-state index in [-0.39, 0.29) is 11.9 Å². The minimum Gasteiger partial charge on any atom is -0.383 e. The van der Waals surface area contributed by atoms with Crippen molar-refractivity contribution in [3.63, 3.8) is 0 Å². The van der Waals surface area contributed by atoms with Crippen molar-refractivity contribution in [2.45, 2.75) is 19.4 Å². The molecular formula is C15H25FN2O. The lowest BCUT2D eigenvalue weighted by Gasteiger charge is -2.22. The van der Waals surface area contributed by atoms with E-state index < -0.39 is 0 Å². The number of rotatable bonds is 9. The van der Waals surface area contributed by atoms with Crippen molar-refractivity contribution in [2.75, 3.05) is 40.4 Å². The molecule has 108 valence electrons. The first-order chi connectivity index (χ1) is 9.17. The molecule has 1 aromatic rings. The second kappa shape index (κ2) is 9.02. The third-order valence-corrected chi connectivity index (χ3v) is 3.18. The fraction of sp³-hybridized carbons (Fsp3) is 0.600. The highest BCUT2D eigenvalue weighted by Gasteiger charge is 2.11. The van der Waals surface area contributed by atoms with E-state index in [0.717, 1.165) is 38.2 Å². The zero-order chi connectivity index (χ0) is 14.1. The number of hydrogen-bond acceptors (Lipinski definition) is 3. The van der Waals surface area contributed by atoms with Gasteiger partial charge in [-0.15, -0.1) is 0 Å². The molecule has 1 unspecified atom stereocenters. The van der Waals surface area contributed by atoms with Crippen molar-refractivity contribution in [2.24, 2.45) is 0 Å². The molecule has 1 N–H and O–H groups in total. The summed E-state index contributed by atoms with van der Waals surface area (Å²) in [6, 6.07) is 7.04. The minimum atomic E-state index is -0.173. The van der Waals surface area contributed by atoms with Gasteiger partial charge in [-0.05, 0) is 44.3 Å². The van der Waals surface area contributed by atoms with Gasteiger partial charge in [0.2, 0.25) is 0 Å².